The summed E-state index contributed by atoms with van der Waals surface area (Å²) in [6, 6.07) is 10.4. The van der Waals surface area contributed by atoms with Gasteiger partial charge in [-0.15, -0.1) is 0 Å². The fraction of sp³-hybridized carbons (Fsp3) is 0.355. The summed E-state index contributed by atoms with van der Waals surface area (Å²) in [6.45, 7) is -0.949. The lowest BCUT2D eigenvalue weighted by molar-refractivity contribution is -0.385. The van der Waals surface area contributed by atoms with Gasteiger partial charge in [-0.2, -0.15) is 0 Å². The first-order chi connectivity index (χ1) is 21.8. The Labute approximate surface area is 270 Å². The second kappa shape index (κ2) is 11.7. The number of nitro groups is 1. The third kappa shape index (κ3) is 5.15. The van der Waals surface area contributed by atoms with Crippen LogP contribution in [0.5, 0.6) is 0 Å². The number of nitro benzene ring substituents is 1. The average Bonchev–Trinajstić information content (AvgIpc) is 3.35. The molecule has 10 nitrogen and oxygen atoms in total. The Morgan fingerprint density at radius 2 is 1.96 bits per heavy atom. The second-order valence-electron chi connectivity index (χ2n) is 11.6. The molecular formula is C31H27Cl2F3N4O6. The lowest BCUT2D eigenvalue weighted by Crippen LogP contribution is -2.53. The number of carbonyl (C=O) groups excluding carboxylic acids is 2. The van der Waals surface area contributed by atoms with E-state index < -0.39 is 58.6 Å². The van der Waals surface area contributed by atoms with Crippen LogP contribution in [0.3, 0.4) is 0 Å². The van der Waals surface area contributed by atoms with Crippen LogP contribution in [0.2, 0.25) is 10.0 Å². The number of hydrogen-bond acceptors (Lipinski definition) is 8. The molecule has 0 bridgehead atoms. The number of nitrogens with zero attached hydrogens (tertiary/aromatic N) is 2. The molecule has 3 aliphatic rings. The van der Waals surface area contributed by atoms with Crippen molar-refractivity contribution in [2.75, 3.05) is 30.9 Å². The lowest BCUT2D eigenvalue weighted by atomic mass is 9.74. The van der Waals surface area contributed by atoms with E-state index in [9.17, 15) is 33.6 Å². The van der Waals surface area contributed by atoms with Crippen molar-refractivity contribution in [3.8, 4) is 0 Å². The van der Waals surface area contributed by atoms with E-state index in [1.807, 2.05) is 0 Å². The van der Waals surface area contributed by atoms with Gasteiger partial charge >= 0.3 is 5.97 Å². The number of ether oxygens (including phenoxy) is 1. The number of benzene rings is 3. The van der Waals surface area contributed by atoms with Crippen molar-refractivity contribution in [3.63, 3.8) is 0 Å². The fourth-order valence-corrected chi connectivity index (χ4v) is 7.20. The number of alkyl halides is 2. The zero-order chi connectivity index (χ0) is 33.1. The number of halogens is 5. The number of methoxy groups -OCH3 is 1. The molecule has 4 atom stereocenters. The van der Waals surface area contributed by atoms with Gasteiger partial charge in [-0.3, -0.25) is 19.8 Å². The highest BCUT2D eigenvalue weighted by Gasteiger charge is 2.67. The third-order valence-corrected chi connectivity index (χ3v) is 9.66. The minimum Gasteiger partial charge on any atom is -0.465 e. The largest absolute Gasteiger partial charge is 0.465 e. The summed E-state index contributed by atoms with van der Waals surface area (Å²) in [5.41, 5.74) is -1.20. The zero-order valence-electron chi connectivity index (χ0n) is 24.2. The van der Waals surface area contributed by atoms with Gasteiger partial charge in [-0.25, -0.2) is 18.0 Å². The number of fused-ring (bicyclic) bond motifs is 2. The monoisotopic (exact) mass is 678 g/mol. The molecule has 46 heavy (non-hydrogen) atoms. The first-order valence-corrected chi connectivity index (χ1v) is 15.0. The highest BCUT2D eigenvalue weighted by Crippen LogP contribution is 2.61. The van der Waals surface area contributed by atoms with Crippen LogP contribution in [0.4, 0.5) is 30.2 Å². The molecule has 0 aromatic heterocycles. The molecule has 1 aliphatic carbocycles. The number of amides is 1. The lowest BCUT2D eigenvalue weighted by Gasteiger charge is -2.40. The first kappa shape index (κ1) is 32.0. The molecule has 2 fully saturated rings. The Bertz CT molecular complexity index is 1780. The minimum absolute atomic E-state index is 0.00973. The highest BCUT2D eigenvalue weighted by atomic mass is 35.5. The number of rotatable bonds is 9. The summed E-state index contributed by atoms with van der Waals surface area (Å²) in [7, 11) is 1.15. The second-order valence-corrected chi connectivity index (χ2v) is 12.5. The number of likely N-dealkylation sites (tertiary alicyclic amines) is 1. The summed E-state index contributed by atoms with van der Waals surface area (Å²) in [5.74, 6) is -7.32. The molecule has 2 aliphatic heterocycles. The molecule has 15 heteroatoms. The van der Waals surface area contributed by atoms with Crippen molar-refractivity contribution in [1.82, 2.24) is 4.90 Å². The molecule has 1 spiro atoms. The maximum atomic E-state index is 16.3. The third-order valence-electron chi connectivity index (χ3n) is 9.13. The quantitative estimate of drug-likeness (QED) is 0.141. The van der Waals surface area contributed by atoms with E-state index in [-0.39, 0.29) is 59.0 Å². The van der Waals surface area contributed by atoms with Gasteiger partial charge < -0.3 is 20.5 Å². The van der Waals surface area contributed by atoms with Gasteiger partial charge in [0.1, 0.15) is 11.4 Å². The van der Waals surface area contributed by atoms with E-state index in [1.54, 1.807) is 17.0 Å². The first-order valence-electron chi connectivity index (χ1n) is 14.3. The van der Waals surface area contributed by atoms with Crippen LogP contribution in [0.15, 0.2) is 48.5 Å². The Hall–Kier alpha value is -3.91. The van der Waals surface area contributed by atoms with Crippen molar-refractivity contribution in [2.45, 2.75) is 42.8 Å². The molecule has 3 N–H and O–H groups in total. The van der Waals surface area contributed by atoms with Gasteiger partial charge in [0.05, 0.1) is 29.2 Å². The molecule has 1 saturated heterocycles. The fourth-order valence-electron chi connectivity index (χ4n) is 6.86. The van der Waals surface area contributed by atoms with Gasteiger partial charge in [0, 0.05) is 76.5 Å². The molecule has 1 saturated carbocycles. The van der Waals surface area contributed by atoms with Crippen molar-refractivity contribution in [3.05, 3.63) is 96.8 Å². The number of anilines is 2. The van der Waals surface area contributed by atoms with E-state index in [0.29, 0.717) is 16.3 Å². The van der Waals surface area contributed by atoms with E-state index >= 15 is 4.39 Å². The van der Waals surface area contributed by atoms with Crippen molar-refractivity contribution >= 4 is 52.1 Å². The van der Waals surface area contributed by atoms with Crippen LogP contribution in [0.1, 0.15) is 45.8 Å². The van der Waals surface area contributed by atoms with E-state index in [4.69, 9.17) is 23.2 Å². The summed E-state index contributed by atoms with van der Waals surface area (Å²) in [6.07, 6.45) is -0.395. The average molecular weight is 679 g/mol. The van der Waals surface area contributed by atoms with Crippen molar-refractivity contribution in [2.24, 2.45) is 5.92 Å². The van der Waals surface area contributed by atoms with Gasteiger partial charge in [0.25, 0.3) is 11.6 Å². The topological polar surface area (TPSA) is 134 Å². The number of hydrogen-bond donors (Lipinski definition) is 3. The molecule has 3 aromatic carbocycles. The van der Waals surface area contributed by atoms with Crippen LogP contribution < -0.4 is 10.6 Å². The molecule has 0 radical (unpaired) electrons. The number of esters is 1. The molecule has 2 heterocycles. The van der Waals surface area contributed by atoms with E-state index in [0.717, 1.165) is 13.2 Å². The number of carbonyl (C=O) groups is 2. The summed E-state index contributed by atoms with van der Waals surface area (Å²) >= 11 is 12.5. The molecule has 1 unspecified atom stereocenters. The van der Waals surface area contributed by atoms with Crippen LogP contribution in [0.25, 0.3) is 0 Å². The van der Waals surface area contributed by atoms with Gasteiger partial charge in [0.15, 0.2) is 0 Å². The Morgan fingerprint density at radius 1 is 1.22 bits per heavy atom. The van der Waals surface area contributed by atoms with Crippen LogP contribution >= 0.6 is 23.2 Å². The van der Waals surface area contributed by atoms with Crippen LogP contribution in [-0.2, 0) is 21.6 Å². The summed E-state index contributed by atoms with van der Waals surface area (Å²) in [4.78, 5) is 38.9. The molecular weight excluding hydrogens is 652 g/mol. The standard InChI is InChI=1S/C31H27Cl2F3N4O6/c1-46-28(42)15-2-3-16(25(8-15)40(44)45)12-37-23-7-6-22(33)27(34)26(23)21-10-19(14-41)39(13-17-11-30(17,35)36)31(21)20-5-4-18(32)9-24(20)38-29(31)43/h2-9,17,19,21,37,41H,10-14H2,1H3,(H,38,43)/t17?,19-,21-,31-/m1/s1. The Morgan fingerprint density at radius 3 is 2.61 bits per heavy atom. The Kier molecular flexibility index (Phi) is 8.16. The van der Waals surface area contributed by atoms with E-state index in [2.05, 4.69) is 15.4 Å². The van der Waals surface area contributed by atoms with Crippen LogP contribution in [0, 0.1) is 21.8 Å². The molecule has 242 valence electrons. The SMILES string of the molecule is COC(=O)c1ccc(CNc2ccc(Cl)c(F)c2[C@H]2C[C@H](CO)N(CC3CC3(F)F)[C@@]23C(=O)Nc2cc(Cl)ccc23)c([N+](=O)[O-])c1. The predicted molar refractivity (Wildman–Crippen MR) is 163 cm³/mol. The van der Waals surface area contributed by atoms with Gasteiger partial charge in [-0.1, -0.05) is 29.3 Å². The molecule has 3 aromatic rings. The normalized spacial score (nSPS) is 24.5. The Balaban J connectivity index is 1.47. The van der Waals surface area contributed by atoms with Gasteiger partial charge in [0.2, 0.25) is 5.91 Å². The molecule has 1 amide bonds. The van der Waals surface area contributed by atoms with Crippen molar-refractivity contribution < 1.29 is 37.5 Å². The summed E-state index contributed by atoms with van der Waals surface area (Å²) in [5, 5.41) is 28.2. The highest BCUT2D eigenvalue weighted by molar-refractivity contribution is 6.31. The number of aliphatic hydroxyl groups is 1. The predicted octanol–water partition coefficient (Wildman–Crippen LogP) is 6.09. The zero-order valence-corrected chi connectivity index (χ0v) is 25.7. The van der Waals surface area contributed by atoms with Crippen LogP contribution in [-0.4, -0.2) is 59.0 Å². The maximum absolute atomic E-state index is 16.3. The smallest absolute Gasteiger partial charge is 0.338 e. The number of aliphatic hydroxyl groups excluding tert-OH is 1. The summed E-state index contributed by atoms with van der Waals surface area (Å²) < 4.78 is 49.5. The number of nitrogens with one attached hydrogen (secondary N) is 2. The van der Waals surface area contributed by atoms with Gasteiger partial charge in [-0.05, 0) is 42.8 Å². The maximum Gasteiger partial charge on any atom is 0.338 e. The molecule has 6 rings (SSSR count). The van der Waals surface area contributed by atoms with Crippen molar-refractivity contribution in [1.29, 1.82) is 0 Å². The minimum atomic E-state index is -2.94. The van der Waals surface area contributed by atoms with E-state index in [1.165, 1.54) is 30.3 Å².